The summed E-state index contributed by atoms with van der Waals surface area (Å²) in [6.45, 7) is 0. The quantitative estimate of drug-likeness (QED) is 0.646. The molecule has 3 rings (SSSR count). The van der Waals surface area contributed by atoms with Crippen LogP contribution in [0.4, 0.5) is 0 Å². The summed E-state index contributed by atoms with van der Waals surface area (Å²) in [7, 11) is 1.82. The molecule has 0 aliphatic carbocycles. The Balaban J connectivity index is 2.00. The van der Waals surface area contributed by atoms with Crippen molar-refractivity contribution < 1.29 is 4.79 Å². The van der Waals surface area contributed by atoms with Gasteiger partial charge in [0.05, 0.1) is 20.4 Å². The minimum atomic E-state index is -0.217. The molecule has 0 saturated carbocycles. The van der Waals surface area contributed by atoms with Crippen LogP contribution in [0, 0.1) is 0 Å². The smallest absolute Gasteiger partial charge is 0.264 e. The summed E-state index contributed by atoms with van der Waals surface area (Å²) in [5.41, 5.74) is 1.89. The molecule has 5 heteroatoms. The molecule has 1 aromatic carbocycles. The summed E-state index contributed by atoms with van der Waals surface area (Å²) in [5.74, 6) is -0.0137. The largest absolute Gasteiger partial charge is 0.328 e. The second-order valence-corrected chi connectivity index (χ2v) is 7.55. The molecule has 0 spiro atoms. The van der Waals surface area contributed by atoms with Gasteiger partial charge in [-0.1, -0.05) is 36.4 Å². The van der Waals surface area contributed by atoms with Gasteiger partial charge >= 0.3 is 0 Å². The Morgan fingerprint density at radius 2 is 1.83 bits per heavy atom. The van der Waals surface area contributed by atoms with Crippen LogP contribution in [0.15, 0.2) is 70.6 Å². The van der Waals surface area contributed by atoms with Crippen molar-refractivity contribution in [2.45, 2.75) is 6.04 Å². The van der Waals surface area contributed by atoms with Crippen molar-refractivity contribution in [3.05, 3.63) is 86.8 Å². The average Bonchev–Trinajstić information content (AvgIpc) is 3.03. The summed E-state index contributed by atoms with van der Waals surface area (Å²) in [6.07, 6.45) is 1.76. The molecule has 2 heterocycles. The third-order valence-electron chi connectivity index (χ3n) is 3.57. The maximum atomic E-state index is 12.8. The lowest BCUT2D eigenvalue weighted by Crippen LogP contribution is -2.32. The number of hydrogen-bond donors (Lipinski definition) is 0. The fourth-order valence-electron chi connectivity index (χ4n) is 2.49. The molecule has 0 bridgehead atoms. The lowest BCUT2D eigenvalue weighted by Gasteiger charge is -2.28. The minimum Gasteiger partial charge on any atom is -0.328 e. The number of nitrogens with zero attached hydrogens (tertiary/aromatic N) is 2. The van der Waals surface area contributed by atoms with Gasteiger partial charge in [0.15, 0.2) is 0 Å². The second-order valence-electron chi connectivity index (χ2n) is 5.09. The Morgan fingerprint density at radius 3 is 2.43 bits per heavy atom. The molecule has 0 fully saturated rings. The maximum absolute atomic E-state index is 12.8. The monoisotopic (exact) mass is 386 g/mol. The summed E-state index contributed by atoms with van der Waals surface area (Å²) in [6, 6.07) is 19.3. The molecular formula is C18H15BrN2OS. The van der Waals surface area contributed by atoms with Gasteiger partial charge in [-0.15, -0.1) is 11.3 Å². The molecule has 2 aromatic heterocycles. The second kappa shape index (κ2) is 7.06. The van der Waals surface area contributed by atoms with E-state index in [0.29, 0.717) is 4.88 Å². The van der Waals surface area contributed by atoms with Gasteiger partial charge in [0.1, 0.15) is 0 Å². The standard InChI is InChI=1S/C18H15BrN2OS/c1-21(18(22)15-10-11-16(19)23-15)17(13-7-3-2-4-8-13)14-9-5-6-12-20-14/h2-12,17H,1H3. The van der Waals surface area contributed by atoms with Crippen molar-refractivity contribution in [2.24, 2.45) is 0 Å². The Bertz CT molecular complexity index is 750. The first kappa shape index (κ1) is 15.9. The highest BCUT2D eigenvalue weighted by atomic mass is 79.9. The zero-order chi connectivity index (χ0) is 16.2. The highest BCUT2D eigenvalue weighted by Crippen LogP contribution is 2.30. The van der Waals surface area contributed by atoms with Gasteiger partial charge in [-0.05, 0) is 45.8 Å². The molecule has 23 heavy (non-hydrogen) atoms. The van der Waals surface area contributed by atoms with E-state index in [-0.39, 0.29) is 11.9 Å². The van der Waals surface area contributed by atoms with Crippen LogP contribution in [0.5, 0.6) is 0 Å². The number of hydrogen-bond acceptors (Lipinski definition) is 3. The number of aromatic nitrogens is 1. The van der Waals surface area contributed by atoms with E-state index in [2.05, 4.69) is 20.9 Å². The SMILES string of the molecule is CN(C(=O)c1ccc(Br)s1)C(c1ccccc1)c1ccccn1. The van der Waals surface area contributed by atoms with Gasteiger partial charge < -0.3 is 4.90 Å². The Hall–Kier alpha value is -1.98. The van der Waals surface area contributed by atoms with Crippen molar-refractivity contribution in [2.75, 3.05) is 7.05 Å². The first-order valence-electron chi connectivity index (χ1n) is 7.15. The number of thiophene rings is 1. The molecule has 1 amide bonds. The van der Waals surface area contributed by atoms with E-state index in [1.54, 1.807) is 11.1 Å². The molecule has 1 unspecified atom stereocenters. The number of carbonyl (C=O) groups is 1. The fraction of sp³-hybridized carbons (Fsp3) is 0.111. The van der Waals surface area contributed by atoms with Crippen LogP contribution in [0.2, 0.25) is 0 Å². The number of pyridine rings is 1. The van der Waals surface area contributed by atoms with Crippen molar-refractivity contribution in [1.82, 2.24) is 9.88 Å². The number of amides is 1. The van der Waals surface area contributed by atoms with Crippen LogP contribution in [-0.2, 0) is 0 Å². The van der Waals surface area contributed by atoms with Crippen molar-refractivity contribution in [3.63, 3.8) is 0 Å². The molecule has 0 aliphatic rings. The van der Waals surface area contributed by atoms with E-state index in [1.807, 2.05) is 67.7 Å². The van der Waals surface area contributed by atoms with E-state index in [1.165, 1.54) is 11.3 Å². The van der Waals surface area contributed by atoms with Crippen LogP contribution in [-0.4, -0.2) is 22.8 Å². The zero-order valence-electron chi connectivity index (χ0n) is 12.5. The third kappa shape index (κ3) is 3.51. The summed E-state index contributed by atoms with van der Waals surface area (Å²) in [5, 5.41) is 0. The number of carbonyl (C=O) groups excluding carboxylic acids is 1. The van der Waals surface area contributed by atoms with E-state index < -0.39 is 0 Å². The number of rotatable bonds is 4. The van der Waals surface area contributed by atoms with Crippen molar-refractivity contribution in [3.8, 4) is 0 Å². The lowest BCUT2D eigenvalue weighted by molar-refractivity contribution is 0.0757. The van der Waals surface area contributed by atoms with Gasteiger partial charge in [-0.25, -0.2) is 0 Å². The predicted octanol–water partition coefficient (Wildman–Crippen LogP) is 4.77. The van der Waals surface area contributed by atoms with Gasteiger partial charge in [-0.3, -0.25) is 9.78 Å². The molecular weight excluding hydrogens is 372 g/mol. The van der Waals surface area contributed by atoms with Gasteiger partial charge in [0, 0.05) is 13.2 Å². The molecule has 0 N–H and O–H groups in total. The Labute approximate surface area is 147 Å². The minimum absolute atomic E-state index is 0.0137. The third-order valence-corrected chi connectivity index (χ3v) is 5.19. The normalized spacial score (nSPS) is 11.9. The van der Waals surface area contributed by atoms with Gasteiger partial charge in [0.25, 0.3) is 5.91 Å². The van der Waals surface area contributed by atoms with E-state index in [0.717, 1.165) is 15.0 Å². The highest BCUT2D eigenvalue weighted by Gasteiger charge is 2.26. The van der Waals surface area contributed by atoms with Crippen LogP contribution in [0.1, 0.15) is 27.0 Å². The number of halogens is 1. The summed E-state index contributed by atoms with van der Waals surface area (Å²) < 4.78 is 0.948. The van der Waals surface area contributed by atoms with Crippen LogP contribution in [0.3, 0.4) is 0 Å². The predicted molar refractivity (Wildman–Crippen MR) is 96.6 cm³/mol. The van der Waals surface area contributed by atoms with Crippen molar-refractivity contribution in [1.29, 1.82) is 0 Å². The van der Waals surface area contributed by atoms with Crippen LogP contribution in [0.25, 0.3) is 0 Å². The summed E-state index contributed by atoms with van der Waals surface area (Å²) >= 11 is 4.85. The first-order valence-corrected chi connectivity index (χ1v) is 8.76. The van der Waals surface area contributed by atoms with Crippen LogP contribution < -0.4 is 0 Å². The highest BCUT2D eigenvalue weighted by molar-refractivity contribution is 9.11. The van der Waals surface area contributed by atoms with Gasteiger partial charge in [-0.2, -0.15) is 0 Å². The average molecular weight is 387 g/mol. The fourth-order valence-corrected chi connectivity index (χ4v) is 3.86. The molecule has 0 radical (unpaired) electrons. The maximum Gasteiger partial charge on any atom is 0.264 e. The topological polar surface area (TPSA) is 33.2 Å². The van der Waals surface area contributed by atoms with E-state index in [4.69, 9.17) is 0 Å². The lowest BCUT2D eigenvalue weighted by atomic mass is 10.0. The molecule has 0 saturated heterocycles. The molecule has 0 aliphatic heterocycles. The Morgan fingerprint density at radius 1 is 1.09 bits per heavy atom. The molecule has 116 valence electrons. The zero-order valence-corrected chi connectivity index (χ0v) is 14.9. The molecule has 1 atom stereocenters. The van der Waals surface area contributed by atoms with E-state index in [9.17, 15) is 4.79 Å². The number of benzene rings is 1. The summed E-state index contributed by atoms with van der Waals surface area (Å²) in [4.78, 5) is 19.7. The molecule has 3 aromatic rings. The first-order chi connectivity index (χ1) is 11.2. The van der Waals surface area contributed by atoms with Crippen LogP contribution >= 0.6 is 27.3 Å². The molecule has 3 nitrogen and oxygen atoms in total. The Kier molecular flexibility index (Phi) is 4.88. The van der Waals surface area contributed by atoms with Crippen molar-refractivity contribution >= 4 is 33.2 Å². The van der Waals surface area contributed by atoms with E-state index >= 15 is 0 Å². The van der Waals surface area contributed by atoms with Gasteiger partial charge in [0.2, 0.25) is 0 Å².